The summed E-state index contributed by atoms with van der Waals surface area (Å²) in [6.45, 7) is 9.20. The number of morpholine rings is 2. The Morgan fingerprint density at radius 1 is 0.952 bits per heavy atom. The molecule has 0 saturated carbocycles. The second-order valence-electron chi connectivity index (χ2n) is 5.92. The van der Waals surface area contributed by atoms with E-state index in [0.717, 1.165) is 26.2 Å². The van der Waals surface area contributed by atoms with Crippen LogP contribution in [0.2, 0.25) is 0 Å². The van der Waals surface area contributed by atoms with Gasteiger partial charge in [0.2, 0.25) is 17.8 Å². The van der Waals surface area contributed by atoms with Crippen molar-refractivity contribution in [3.63, 3.8) is 0 Å². The minimum absolute atomic E-state index is 0.210. The van der Waals surface area contributed by atoms with Gasteiger partial charge in [-0.1, -0.05) is 0 Å². The number of aromatic nitrogens is 3. The molecule has 0 aromatic carbocycles. The average Bonchev–Trinajstić information content (AvgIpc) is 2.46. The van der Waals surface area contributed by atoms with Gasteiger partial charge in [0, 0.05) is 26.2 Å². The van der Waals surface area contributed by atoms with Crippen LogP contribution in [0.5, 0.6) is 0 Å². The molecule has 0 amide bonds. The molecule has 0 radical (unpaired) electrons. The molecule has 0 unspecified atom stereocenters. The summed E-state index contributed by atoms with van der Waals surface area (Å²) in [7, 11) is 0. The van der Waals surface area contributed by atoms with Crippen LogP contribution < -0.4 is 15.5 Å². The molecular formula is C13H22N6O2. The molecular weight excluding hydrogens is 272 g/mol. The molecule has 2 N–H and O–H groups in total. The first-order valence-corrected chi connectivity index (χ1v) is 7.27. The Kier molecular flexibility index (Phi) is 3.81. The molecule has 116 valence electrons. The van der Waals surface area contributed by atoms with Crippen molar-refractivity contribution in [2.75, 3.05) is 61.5 Å². The van der Waals surface area contributed by atoms with Crippen LogP contribution in [0.4, 0.5) is 17.8 Å². The molecule has 2 fully saturated rings. The van der Waals surface area contributed by atoms with Gasteiger partial charge in [-0.05, 0) is 13.8 Å². The SMILES string of the molecule is CC1(C)CN(c2nc(N)nc(N3CCOCC3)n2)CCO1. The van der Waals surface area contributed by atoms with E-state index in [1.165, 1.54) is 0 Å². The Bertz CT molecular complexity index is 503. The Hall–Kier alpha value is -1.67. The lowest BCUT2D eigenvalue weighted by Crippen LogP contribution is -2.49. The van der Waals surface area contributed by atoms with E-state index in [1.54, 1.807) is 0 Å². The molecule has 0 bridgehead atoms. The second-order valence-corrected chi connectivity index (χ2v) is 5.92. The van der Waals surface area contributed by atoms with Gasteiger partial charge in [0.05, 0.1) is 25.4 Å². The lowest BCUT2D eigenvalue weighted by Gasteiger charge is -2.38. The van der Waals surface area contributed by atoms with Gasteiger partial charge in [0.25, 0.3) is 0 Å². The summed E-state index contributed by atoms with van der Waals surface area (Å²) < 4.78 is 11.1. The minimum atomic E-state index is -0.210. The van der Waals surface area contributed by atoms with Crippen LogP contribution in [0.1, 0.15) is 13.8 Å². The van der Waals surface area contributed by atoms with E-state index in [0.29, 0.717) is 31.7 Å². The third kappa shape index (κ3) is 3.33. The van der Waals surface area contributed by atoms with Crippen molar-refractivity contribution in [1.82, 2.24) is 15.0 Å². The first kappa shape index (κ1) is 14.3. The summed E-state index contributed by atoms with van der Waals surface area (Å²) in [4.78, 5) is 17.3. The summed E-state index contributed by atoms with van der Waals surface area (Å²) in [5.41, 5.74) is 5.65. The smallest absolute Gasteiger partial charge is 0.232 e. The number of ether oxygens (including phenoxy) is 2. The van der Waals surface area contributed by atoms with E-state index in [2.05, 4.69) is 38.6 Å². The predicted molar refractivity (Wildman–Crippen MR) is 79.5 cm³/mol. The second kappa shape index (κ2) is 5.61. The third-order valence-corrected chi connectivity index (χ3v) is 3.63. The normalized spacial score (nSPS) is 22.4. The van der Waals surface area contributed by atoms with Gasteiger partial charge in [-0.2, -0.15) is 15.0 Å². The first-order chi connectivity index (χ1) is 10.0. The van der Waals surface area contributed by atoms with Gasteiger partial charge < -0.3 is 25.0 Å². The molecule has 0 aliphatic carbocycles. The third-order valence-electron chi connectivity index (χ3n) is 3.63. The number of nitrogens with zero attached hydrogens (tertiary/aromatic N) is 5. The Labute approximate surface area is 124 Å². The van der Waals surface area contributed by atoms with Gasteiger partial charge in [0.1, 0.15) is 0 Å². The molecule has 8 nitrogen and oxygen atoms in total. The van der Waals surface area contributed by atoms with Crippen LogP contribution in [0, 0.1) is 0 Å². The fraction of sp³-hybridized carbons (Fsp3) is 0.769. The van der Waals surface area contributed by atoms with Crippen LogP contribution >= 0.6 is 0 Å². The number of hydrogen-bond donors (Lipinski definition) is 1. The van der Waals surface area contributed by atoms with E-state index >= 15 is 0 Å². The maximum Gasteiger partial charge on any atom is 0.232 e. The van der Waals surface area contributed by atoms with E-state index in [1.807, 2.05) is 0 Å². The Balaban J connectivity index is 1.83. The van der Waals surface area contributed by atoms with E-state index in [4.69, 9.17) is 15.2 Å². The molecule has 2 aliphatic rings. The summed E-state index contributed by atoms with van der Waals surface area (Å²) in [6.07, 6.45) is 0. The Morgan fingerprint density at radius 3 is 2.24 bits per heavy atom. The maximum atomic E-state index is 5.86. The van der Waals surface area contributed by atoms with Crippen LogP contribution in [0.3, 0.4) is 0 Å². The zero-order chi connectivity index (χ0) is 14.9. The van der Waals surface area contributed by atoms with Crippen LogP contribution in [-0.2, 0) is 9.47 Å². The fourth-order valence-corrected chi connectivity index (χ4v) is 2.60. The fourth-order valence-electron chi connectivity index (χ4n) is 2.60. The quantitative estimate of drug-likeness (QED) is 0.809. The van der Waals surface area contributed by atoms with Gasteiger partial charge in [-0.15, -0.1) is 0 Å². The van der Waals surface area contributed by atoms with Crippen molar-refractivity contribution in [3.05, 3.63) is 0 Å². The van der Waals surface area contributed by atoms with Crippen molar-refractivity contribution in [2.45, 2.75) is 19.4 Å². The molecule has 3 rings (SSSR count). The molecule has 0 atom stereocenters. The molecule has 1 aromatic rings. The number of nitrogens with two attached hydrogens (primary N) is 1. The highest BCUT2D eigenvalue weighted by atomic mass is 16.5. The van der Waals surface area contributed by atoms with E-state index in [-0.39, 0.29) is 11.5 Å². The zero-order valence-electron chi connectivity index (χ0n) is 12.6. The lowest BCUT2D eigenvalue weighted by atomic mass is 10.1. The number of nitrogen functional groups attached to an aromatic ring is 1. The monoisotopic (exact) mass is 294 g/mol. The number of rotatable bonds is 2. The predicted octanol–water partition coefficient (Wildman–Crippen LogP) is -0.0944. The molecule has 2 aliphatic heterocycles. The molecule has 1 aromatic heterocycles. The van der Waals surface area contributed by atoms with Crippen molar-refractivity contribution >= 4 is 17.8 Å². The summed E-state index contributed by atoms with van der Waals surface area (Å²) in [5, 5.41) is 0. The summed E-state index contributed by atoms with van der Waals surface area (Å²) >= 11 is 0. The Morgan fingerprint density at radius 2 is 1.57 bits per heavy atom. The van der Waals surface area contributed by atoms with Crippen LogP contribution in [0.15, 0.2) is 0 Å². The van der Waals surface area contributed by atoms with E-state index in [9.17, 15) is 0 Å². The van der Waals surface area contributed by atoms with Gasteiger partial charge >= 0.3 is 0 Å². The van der Waals surface area contributed by atoms with Crippen molar-refractivity contribution in [1.29, 1.82) is 0 Å². The first-order valence-electron chi connectivity index (χ1n) is 7.27. The van der Waals surface area contributed by atoms with Crippen LogP contribution in [-0.4, -0.2) is 66.6 Å². The molecule has 0 spiro atoms. The largest absolute Gasteiger partial charge is 0.378 e. The van der Waals surface area contributed by atoms with Crippen molar-refractivity contribution in [3.8, 4) is 0 Å². The van der Waals surface area contributed by atoms with Crippen LogP contribution in [0.25, 0.3) is 0 Å². The van der Waals surface area contributed by atoms with E-state index < -0.39 is 0 Å². The highest BCUT2D eigenvalue weighted by Crippen LogP contribution is 2.22. The maximum absolute atomic E-state index is 5.86. The average molecular weight is 294 g/mol. The van der Waals surface area contributed by atoms with Crippen molar-refractivity contribution < 1.29 is 9.47 Å². The number of hydrogen-bond acceptors (Lipinski definition) is 8. The summed E-state index contributed by atoms with van der Waals surface area (Å²) in [6, 6.07) is 0. The lowest BCUT2D eigenvalue weighted by molar-refractivity contribution is -0.0281. The molecule has 8 heteroatoms. The summed E-state index contributed by atoms with van der Waals surface area (Å²) in [5.74, 6) is 1.51. The highest BCUT2D eigenvalue weighted by molar-refractivity contribution is 5.44. The molecule has 21 heavy (non-hydrogen) atoms. The van der Waals surface area contributed by atoms with Gasteiger partial charge in [-0.3, -0.25) is 0 Å². The molecule has 2 saturated heterocycles. The van der Waals surface area contributed by atoms with Gasteiger partial charge in [0.15, 0.2) is 0 Å². The van der Waals surface area contributed by atoms with Crippen molar-refractivity contribution in [2.24, 2.45) is 0 Å². The standard InChI is InChI=1S/C13H22N6O2/c1-13(2)9-19(5-8-21-13)12-16-10(14)15-11(17-12)18-3-6-20-7-4-18/h3-9H2,1-2H3,(H2,14,15,16,17). The zero-order valence-corrected chi connectivity index (χ0v) is 12.6. The minimum Gasteiger partial charge on any atom is -0.378 e. The molecule has 3 heterocycles. The highest BCUT2D eigenvalue weighted by Gasteiger charge is 2.29. The topological polar surface area (TPSA) is 89.6 Å². The number of anilines is 3. The van der Waals surface area contributed by atoms with Gasteiger partial charge in [-0.25, -0.2) is 0 Å².